The largest absolute Gasteiger partial charge is 0.198 e. The molecule has 0 amide bonds. The highest BCUT2D eigenvalue weighted by Gasteiger charge is 2.40. The highest BCUT2D eigenvalue weighted by atomic mass is 35.5. The Morgan fingerprint density at radius 3 is 2.48 bits per heavy atom. The van der Waals surface area contributed by atoms with Gasteiger partial charge in [-0.3, -0.25) is 0 Å². The molecule has 0 heterocycles. The van der Waals surface area contributed by atoms with Gasteiger partial charge in [0.05, 0.1) is 16.1 Å². The first kappa shape index (κ1) is 16.7. The van der Waals surface area contributed by atoms with E-state index in [0.717, 1.165) is 18.8 Å². The molecule has 0 N–H and O–H groups in total. The Balaban J connectivity index is 2.34. The Kier molecular flexibility index (Phi) is 5.23. The summed E-state index contributed by atoms with van der Waals surface area (Å²) in [4.78, 5) is 0. The molecule has 2 rings (SSSR count). The van der Waals surface area contributed by atoms with Crippen LogP contribution in [-0.4, -0.2) is 0 Å². The fourth-order valence-corrected chi connectivity index (χ4v) is 3.74. The molecule has 1 aromatic carbocycles. The summed E-state index contributed by atoms with van der Waals surface area (Å²) in [7, 11) is 0. The van der Waals surface area contributed by atoms with E-state index in [2.05, 4.69) is 32.9 Å². The lowest BCUT2D eigenvalue weighted by Crippen LogP contribution is -2.21. The van der Waals surface area contributed by atoms with Gasteiger partial charge in [0.2, 0.25) is 0 Å². The monoisotopic (exact) mass is 323 g/mol. The van der Waals surface area contributed by atoms with Gasteiger partial charge in [0.1, 0.15) is 0 Å². The molecule has 0 bridgehead atoms. The van der Waals surface area contributed by atoms with Crippen LogP contribution in [0.2, 0.25) is 10.0 Å². The Bertz CT molecular complexity index is 548. The first-order valence-electron chi connectivity index (χ1n) is 7.69. The quantitative estimate of drug-likeness (QED) is 0.577. The minimum Gasteiger partial charge on any atom is -0.198 e. The van der Waals surface area contributed by atoms with E-state index >= 15 is 0 Å². The lowest BCUT2D eigenvalue weighted by atomic mass is 9.73. The number of aryl methyl sites for hydroxylation is 1. The first-order valence-corrected chi connectivity index (χ1v) is 8.45. The zero-order valence-electron chi connectivity index (χ0n) is 13.0. The molecule has 1 atom stereocenters. The molecule has 0 spiro atoms. The lowest BCUT2D eigenvalue weighted by molar-refractivity contribution is 0.291. The molecule has 1 fully saturated rings. The van der Waals surface area contributed by atoms with Gasteiger partial charge >= 0.3 is 0 Å². The molecule has 3 heteroatoms. The molecule has 1 aliphatic carbocycles. The summed E-state index contributed by atoms with van der Waals surface area (Å²) in [6.07, 6.45) is 4.92. The molecule has 0 saturated heterocycles. The van der Waals surface area contributed by atoms with Crippen molar-refractivity contribution in [1.82, 2.24) is 0 Å². The number of unbranched alkanes of at least 4 members (excludes halogenated alkanes) is 1. The maximum Gasteiger partial charge on any atom is 0.0627 e. The molecule has 1 aromatic rings. The summed E-state index contributed by atoms with van der Waals surface area (Å²) in [5, 5.41) is 10.0. The number of hydrogen-bond acceptors (Lipinski definition) is 1. The minimum absolute atomic E-state index is 0.180. The number of rotatable bonds is 5. The Morgan fingerprint density at radius 2 is 1.95 bits per heavy atom. The SMILES string of the molecule is CC(C)(C)C(c1cc(CCCC#N)cc(Cl)c1Cl)C1CC1. The molecule has 1 saturated carbocycles. The van der Waals surface area contributed by atoms with Gasteiger partial charge in [0, 0.05) is 6.42 Å². The average molecular weight is 324 g/mol. The fourth-order valence-electron chi connectivity index (χ4n) is 3.27. The number of nitriles is 1. The van der Waals surface area contributed by atoms with Crippen LogP contribution >= 0.6 is 23.2 Å². The summed E-state index contributed by atoms with van der Waals surface area (Å²) < 4.78 is 0. The fraction of sp³-hybridized carbons (Fsp3) is 0.611. The summed E-state index contributed by atoms with van der Waals surface area (Å²) >= 11 is 12.9. The van der Waals surface area contributed by atoms with E-state index in [-0.39, 0.29) is 5.41 Å². The Labute approximate surface area is 138 Å². The molecule has 0 radical (unpaired) electrons. The van der Waals surface area contributed by atoms with Crippen molar-refractivity contribution in [2.75, 3.05) is 0 Å². The third-order valence-electron chi connectivity index (χ3n) is 4.23. The van der Waals surface area contributed by atoms with Crippen molar-refractivity contribution in [2.45, 2.75) is 58.8 Å². The summed E-state index contributed by atoms with van der Waals surface area (Å²) in [5.41, 5.74) is 2.58. The predicted octanol–water partition coefficient (Wildman–Crippen LogP) is 6.38. The second kappa shape index (κ2) is 6.59. The molecule has 0 aliphatic heterocycles. The highest BCUT2D eigenvalue weighted by molar-refractivity contribution is 6.42. The van der Waals surface area contributed by atoms with E-state index in [9.17, 15) is 0 Å². The van der Waals surface area contributed by atoms with Crippen LogP contribution in [0, 0.1) is 22.7 Å². The maximum absolute atomic E-state index is 8.68. The molecular weight excluding hydrogens is 301 g/mol. The minimum atomic E-state index is 0.180. The van der Waals surface area contributed by atoms with Crippen LogP contribution < -0.4 is 0 Å². The topological polar surface area (TPSA) is 23.8 Å². The third kappa shape index (κ3) is 4.15. The van der Waals surface area contributed by atoms with Crippen molar-refractivity contribution < 1.29 is 0 Å². The average Bonchev–Trinajstić information content (AvgIpc) is 3.18. The van der Waals surface area contributed by atoms with Gasteiger partial charge in [-0.2, -0.15) is 5.26 Å². The van der Waals surface area contributed by atoms with E-state index in [0.29, 0.717) is 22.4 Å². The first-order chi connectivity index (χ1) is 9.84. The van der Waals surface area contributed by atoms with Gasteiger partial charge in [0.25, 0.3) is 0 Å². The Hall–Kier alpha value is -0.710. The van der Waals surface area contributed by atoms with Gasteiger partial charge in [-0.05, 0) is 60.1 Å². The van der Waals surface area contributed by atoms with E-state index in [1.807, 2.05) is 6.07 Å². The lowest BCUT2D eigenvalue weighted by Gasteiger charge is -2.32. The third-order valence-corrected chi connectivity index (χ3v) is 5.05. The van der Waals surface area contributed by atoms with E-state index in [1.54, 1.807) is 0 Å². The van der Waals surface area contributed by atoms with Crippen LogP contribution in [0.15, 0.2) is 12.1 Å². The second-order valence-electron chi connectivity index (χ2n) is 7.17. The van der Waals surface area contributed by atoms with Crippen LogP contribution in [0.1, 0.15) is 63.5 Å². The van der Waals surface area contributed by atoms with E-state index in [4.69, 9.17) is 28.5 Å². The van der Waals surface area contributed by atoms with Crippen molar-refractivity contribution in [3.63, 3.8) is 0 Å². The van der Waals surface area contributed by atoms with Crippen molar-refractivity contribution >= 4 is 23.2 Å². The van der Waals surface area contributed by atoms with Gasteiger partial charge in [-0.1, -0.05) is 50.0 Å². The van der Waals surface area contributed by atoms with Crippen LogP contribution in [0.5, 0.6) is 0 Å². The normalized spacial score (nSPS) is 16.6. The molecule has 0 aromatic heterocycles. The van der Waals surface area contributed by atoms with E-state index in [1.165, 1.54) is 24.0 Å². The summed E-state index contributed by atoms with van der Waals surface area (Å²) in [5.74, 6) is 1.19. The molecule has 1 unspecified atom stereocenters. The molecule has 1 nitrogen and oxygen atoms in total. The van der Waals surface area contributed by atoms with Crippen LogP contribution in [-0.2, 0) is 6.42 Å². The molecule has 1 aliphatic rings. The molecule has 114 valence electrons. The number of nitrogens with zero attached hydrogens (tertiary/aromatic N) is 1. The molecule has 21 heavy (non-hydrogen) atoms. The van der Waals surface area contributed by atoms with Gasteiger partial charge in [-0.25, -0.2) is 0 Å². The maximum atomic E-state index is 8.68. The number of benzene rings is 1. The summed E-state index contributed by atoms with van der Waals surface area (Å²) in [6, 6.07) is 6.37. The van der Waals surface area contributed by atoms with Crippen LogP contribution in [0.25, 0.3) is 0 Å². The standard InChI is InChI=1S/C18H23Cl2N/c1-18(2,3)16(13-7-8-13)14-10-12(6-4-5-9-21)11-15(19)17(14)20/h10-11,13,16H,4-8H2,1-3H3. The van der Waals surface area contributed by atoms with Crippen molar-refractivity contribution in [2.24, 2.45) is 11.3 Å². The van der Waals surface area contributed by atoms with Gasteiger partial charge < -0.3 is 0 Å². The zero-order chi connectivity index (χ0) is 15.6. The van der Waals surface area contributed by atoms with Crippen LogP contribution in [0.4, 0.5) is 0 Å². The van der Waals surface area contributed by atoms with Crippen molar-refractivity contribution in [3.05, 3.63) is 33.3 Å². The van der Waals surface area contributed by atoms with Crippen molar-refractivity contribution in [1.29, 1.82) is 5.26 Å². The predicted molar refractivity (Wildman–Crippen MR) is 89.9 cm³/mol. The van der Waals surface area contributed by atoms with E-state index < -0.39 is 0 Å². The zero-order valence-corrected chi connectivity index (χ0v) is 14.6. The van der Waals surface area contributed by atoms with Crippen LogP contribution in [0.3, 0.4) is 0 Å². The van der Waals surface area contributed by atoms with Crippen molar-refractivity contribution in [3.8, 4) is 6.07 Å². The van der Waals surface area contributed by atoms with Gasteiger partial charge in [0.15, 0.2) is 0 Å². The number of halogens is 2. The molecular formula is C18H23Cl2N. The summed E-state index contributed by atoms with van der Waals surface area (Å²) in [6.45, 7) is 6.84. The highest BCUT2D eigenvalue weighted by Crippen LogP contribution is 2.53. The number of hydrogen-bond donors (Lipinski definition) is 0. The van der Waals surface area contributed by atoms with Gasteiger partial charge in [-0.15, -0.1) is 0 Å². The smallest absolute Gasteiger partial charge is 0.0627 e. The Morgan fingerprint density at radius 1 is 1.29 bits per heavy atom. The second-order valence-corrected chi connectivity index (χ2v) is 7.96.